The first-order valence-corrected chi connectivity index (χ1v) is 8.22. The fourth-order valence-electron chi connectivity index (χ4n) is 2.05. The molecule has 0 atom stereocenters. The molecule has 0 aliphatic heterocycles. The van der Waals surface area contributed by atoms with Gasteiger partial charge in [0, 0.05) is 16.8 Å². The summed E-state index contributed by atoms with van der Waals surface area (Å²) in [4.78, 5) is 15.6. The van der Waals surface area contributed by atoms with Crippen LogP contribution in [0.4, 0.5) is 5.69 Å². The van der Waals surface area contributed by atoms with Crippen molar-refractivity contribution in [2.24, 2.45) is 0 Å². The Hall–Kier alpha value is -1.46. The number of rotatable bonds is 6. The summed E-state index contributed by atoms with van der Waals surface area (Å²) in [6.45, 7) is 2.75. The normalized spacial score (nSPS) is 10.5. The number of benzene rings is 1. The molecule has 0 unspecified atom stereocenters. The highest BCUT2D eigenvalue weighted by molar-refractivity contribution is 7.99. The highest BCUT2D eigenvalue weighted by atomic mass is 32.2. The number of thiophene rings is 1. The van der Waals surface area contributed by atoms with Gasteiger partial charge < -0.3 is 10.0 Å². The molecule has 0 amide bonds. The maximum atomic E-state index is 11.6. The number of carboxylic acids is 1. The molecule has 2 rings (SSSR count). The molecule has 0 aliphatic rings. The topological polar surface area (TPSA) is 40.5 Å². The lowest BCUT2D eigenvalue weighted by Gasteiger charge is -2.22. The standard InChI is InChI=1S/C15H17NO2S2/c1-3-19-13-8-4-7-12(14(13)15(17)18)16(2)10-11-6-5-9-20-11/h4-9H,3,10H2,1-2H3,(H,17,18). The summed E-state index contributed by atoms with van der Waals surface area (Å²) in [6, 6.07) is 9.74. The van der Waals surface area contributed by atoms with Gasteiger partial charge in [-0.1, -0.05) is 19.1 Å². The third-order valence-corrected chi connectivity index (χ3v) is 4.70. The predicted octanol–water partition coefficient (Wildman–Crippen LogP) is 4.19. The van der Waals surface area contributed by atoms with E-state index in [1.165, 1.54) is 4.88 Å². The van der Waals surface area contributed by atoms with Gasteiger partial charge in [0.25, 0.3) is 0 Å². The minimum Gasteiger partial charge on any atom is -0.478 e. The van der Waals surface area contributed by atoms with E-state index in [4.69, 9.17) is 0 Å². The summed E-state index contributed by atoms with van der Waals surface area (Å²) in [5, 5.41) is 11.5. The van der Waals surface area contributed by atoms with Gasteiger partial charge in [-0.3, -0.25) is 0 Å². The second kappa shape index (κ2) is 6.81. The Morgan fingerprint density at radius 1 is 1.35 bits per heavy atom. The molecule has 0 spiro atoms. The van der Waals surface area contributed by atoms with Gasteiger partial charge in [-0.05, 0) is 29.3 Å². The average molecular weight is 307 g/mol. The molecule has 1 heterocycles. The number of aromatic carboxylic acids is 1. The van der Waals surface area contributed by atoms with Gasteiger partial charge in [0.15, 0.2) is 0 Å². The zero-order chi connectivity index (χ0) is 14.5. The van der Waals surface area contributed by atoms with Crippen molar-refractivity contribution < 1.29 is 9.90 Å². The summed E-state index contributed by atoms with van der Waals surface area (Å²) < 4.78 is 0. The molecule has 0 fully saturated rings. The molecular formula is C15H17NO2S2. The van der Waals surface area contributed by atoms with Gasteiger partial charge in [-0.15, -0.1) is 23.1 Å². The number of thioether (sulfide) groups is 1. The first-order chi connectivity index (χ1) is 9.63. The van der Waals surface area contributed by atoms with E-state index in [-0.39, 0.29) is 0 Å². The maximum absolute atomic E-state index is 11.6. The molecule has 0 saturated carbocycles. The lowest BCUT2D eigenvalue weighted by Crippen LogP contribution is -2.19. The van der Waals surface area contributed by atoms with E-state index in [0.717, 1.165) is 22.9 Å². The quantitative estimate of drug-likeness (QED) is 0.812. The summed E-state index contributed by atoms with van der Waals surface area (Å²) >= 11 is 3.25. The molecule has 5 heteroatoms. The summed E-state index contributed by atoms with van der Waals surface area (Å²) in [5.41, 5.74) is 1.17. The second-order valence-electron chi connectivity index (χ2n) is 4.32. The molecule has 1 N–H and O–H groups in total. The first-order valence-electron chi connectivity index (χ1n) is 6.36. The molecule has 106 valence electrons. The van der Waals surface area contributed by atoms with Crippen molar-refractivity contribution in [2.75, 3.05) is 17.7 Å². The smallest absolute Gasteiger partial charge is 0.338 e. The van der Waals surface area contributed by atoms with E-state index >= 15 is 0 Å². The second-order valence-corrected chi connectivity index (χ2v) is 6.66. The van der Waals surface area contributed by atoms with Crippen molar-refractivity contribution in [3.8, 4) is 0 Å². The molecule has 0 radical (unpaired) electrons. The van der Waals surface area contributed by atoms with Crippen LogP contribution in [0.5, 0.6) is 0 Å². The fraction of sp³-hybridized carbons (Fsp3) is 0.267. The van der Waals surface area contributed by atoms with Crippen molar-refractivity contribution in [2.45, 2.75) is 18.4 Å². The highest BCUT2D eigenvalue weighted by Gasteiger charge is 2.18. The van der Waals surface area contributed by atoms with E-state index in [2.05, 4.69) is 6.07 Å². The number of carbonyl (C=O) groups is 1. The van der Waals surface area contributed by atoms with E-state index in [9.17, 15) is 9.90 Å². The van der Waals surface area contributed by atoms with Crippen LogP contribution >= 0.6 is 23.1 Å². The van der Waals surface area contributed by atoms with Gasteiger partial charge in [0.1, 0.15) is 0 Å². The molecule has 0 bridgehead atoms. The van der Waals surface area contributed by atoms with E-state index in [1.54, 1.807) is 23.1 Å². The fourth-order valence-corrected chi connectivity index (χ4v) is 3.63. The highest BCUT2D eigenvalue weighted by Crippen LogP contribution is 2.31. The van der Waals surface area contributed by atoms with Gasteiger partial charge in [-0.2, -0.15) is 0 Å². The van der Waals surface area contributed by atoms with Crippen LogP contribution in [-0.4, -0.2) is 23.9 Å². The Kier molecular flexibility index (Phi) is 5.09. The number of hydrogen-bond donors (Lipinski definition) is 1. The monoisotopic (exact) mass is 307 g/mol. The SMILES string of the molecule is CCSc1cccc(N(C)Cc2cccs2)c1C(=O)O. The Balaban J connectivity index is 2.34. The maximum Gasteiger partial charge on any atom is 0.338 e. The van der Waals surface area contributed by atoms with Crippen molar-refractivity contribution in [1.82, 2.24) is 0 Å². The zero-order valence-corrected chi connectivity index (χ0v) is 13.1. The van der Waals surface area contributed by atoms with E-state index in [0.29, 0.717) is 5.56 Å². The van der Waals surface area contributed by atoms with Crippen molar-refractivity contribution >= 4 is 34.8 Å². The van der Waals surface area contributed by atoms with Crippen LogP contribution in [0, 0.1) is 0 Å². The summed E-state index contributed by atoms with van der Waals surface area (Å²) in [5.74, 6) is -0.00663. The third-order valence-electron chi connectivity index (χ3n) is 2.90. The molecule has 0 aliphatic carbocycles. The number of hydrogen-bond acceptors (Lipinski definition) is 4. The van der Waals surface area contributed by atoms with Gasteiger partial charge in [0.2, 0.25) is 0 Å². The van der Waals surface area contributed by atoms with Crippen LogP contribution in [-0.2, 0) is 6.54 Å². The molecular weight excluding hydrogens is 290 g/mol. The molecule has 2 aromatic rings. The summed E-state index contributed by atoms with van der Waals surface area (Å²) in [7, 11) is 1.93. The molecule has 20 heavy (non-hydrogen) atoms. The van der Waals surface area contributed by atoms with Crippen LogP contribution in [0.15, 0.2) is 40.6 Å². The van der Waals surface area contributed by atoms with Gasteiger partial charge in [0.05, 0.1) is 17.8 Å². The van der Waals surface area contributed by atoms with Crippen LogP contribution in [0.1, 0.15) is 22.2 Å². The predicted molar refractivity (Wildman–Crippen MR) is 86.2 cm³/mol. The van der Waals surface area contributed by atoms with Crippen LogP contribution in [0.25, 0.3) is 0 Å². The Morgan fingerprint density at radius 3 is 2.75 bits per heavy atom. The van der Waals surface area contributed by atoms with Crippen LogP contribution < -0.4 is 4.90 Å². The Labute approximate surface area is 127 Å². The largest absolute Gasteiger partial charge is 0.478 e. The van der Waals surface area contributed by atoms with Gasteiger partial charge in [-0.25, -0.2) is 4.79 Å². The van der Waals surface area contributed by atoms with Gasteiger partial charge >= 0.3 is 5.97 Å². The lowest BCUT2D eigenvalue weighted by molar-refractivity contribution is 0.0694. The third kappa shape index (κ3) is 3.35. The number of anilines is 1. The van der Waals surface area contributed by atoms with Crippen LogP contribution in [0.3, 0.4) is 0 Å². The average Bonchev–Trinajstić information content (AvgIpc) is 2.91. The molecule has 1 aromatic carbocycles. The molecule has 3 nitrogen and oxygen atoms in total. The first kappa shape index (κ1) is 14.9. The van der Waals surface area contributed by atoms with E-state index < -0.39 is 5.97 Å². The summed E-state index contributed by atoms with van der Waals surface area (Å²) in [6.07, 6.45) is 0. The molecule has 1 aromatic heterocycles. The van der Waals surface area contributed by atoms with E-state index in [1.807, 2.05) is 48.5 Å². The zero-order valence-electron chi connectivity index (χ0n) is 11.5. The Morgan fingerprint density at radius 2 is 2.15 bits per heavy atom. The van der Waals surface area contributed by atoms with Crippen molar-refractivity contribution in [3.63, 3.8) is 0 Å². The van der Waals surface area contributed by atoms with Crippen molar-refractivity contribution in [1.29, 1.82) is 0 Å². The Bertz CT molecular complexity index is 582. The minimum absolute atomic E-state index is 0.401. The number of nitrogens with zero attached hydrogens (tertiary/aromatic N) is 1. The lowest BCUT2D eigenvalue weighted by atomic mass is 10.1. The molecule has 0 saturated heterocycles. The minimum atomic E-state index is -0.866. The van der Waals surface area contributed by atoms with Crippen molar-refractivity contribution in [3.05, 3.63) is 46.2 Å². The number of carboxylic acid groups (broad SMARTS) is 1. The van der Waals surface area contributed by atoms with Crippen LogP contribution in [0.2, 0.25) is 0 Å².